The normalized spacial score (nSPS) is 23.7. The number of halogens is 2. The number of nitrogens with zero attached hydrogens (tertiary/aromatic N) is 2. The summed E-state index contributed by atoms with van der Waals surface area (Å²) >= 11 is 14.8. The molecule has 2 fully saturated rings. The van der Waals surface area contributed by atoms with Gasteiger partial charge in [-0.15, -0.1) is 23.1 Å². The van der Waals surface area contributed by atoms with E-state index in [0.717, 1.165) is 0 Å². The second-order valence-electron chi connectivity index (χ2n) is 5.18. The van der Waals surface area contributed by atoms with E-state index in [-0.39, 0.29) is 22.3 Å². The van der Waals surface area contributed by atoms with E-state index in [1.165, 1.54) is 28.0 Å². The molecule has 0 bridgehead atoms. The number of thiophene rings is 1. The van der Waals surface area contributed by atoms with Crippen molar-refractivity contribution in [3.05, 3.63) is 51.4 Å². The Morgan fingerprint density at radius 3 is 2.87 bits per heavy atom. The molecule has 2 atom stereocenters. The lowest BCUT2D eigenvalue weighted by molar-refractivity contribution is -0.119. The fourth-order valence-electron chi connectivity index (χ4n) is 2.80. The van der Waals surface area contributed by atoms with Crippen LogP contribution in [0.5, 0.6) is 0 Å². The number of hydrogen-bond acceptors (Lipinski definition) is 4. The zero-order valence-electron chi connectivity index (χ0n) is 11.6. The number of rotatable bonds is 2. The average Bonchev–Trinajstić information content (AvgIpc) is 3.22. The first-order valence-corrected chi connectivity index (χ1v) is 9.55. The Bertz CT molecular complexity index is 798. The van der Waals surface area contributed by atoms with Crippen molar-refractivity contribution in [1.82, 2.24) is 4.90 Å². The lowest BCUT2D eigenvalue weighted by Crippen LogP contribution is -2.33. The highest BCUT2D eigenvalue weighted by molar-refractivity contribution is 8.00. The third-order valence-corrected chi connectivity index (χ3v) is 6.93. The largest absolute Gasteiger partial charge is 0.319 e. The molecule has 3 heterocycles. The summed E-state index contributed by atoms with van der Waals surface area (Å²) in [5, 5.41) is 2.50. The van der Waals surface area contributed by atoms with Crippen molar-refractivity contribution < 1.29 is 9.18 Å². The summed E-state index contributed by atoms with van der Waals surface area (Å²) < 4.78 is 13.4. The number of hydrogen-bond donors (Lipinski definition) is 0. The molecule has 0 N–H and O–H groups in total. The number of thiocarbonyl (C=S) groups is 1. The van der Waals surface area contributed by atoms with E-state index in [1.54, 1.807) is 23.1 Å². The first kappa shape index (κ1) is 15.4. The molecule has 1 amide bonds. The SMILES string of the molecule is O=C1[C@H]2CS[C@@H](c3cccs3)N2C(=S)N1c1ccc(F)c(Cl)c1. The predicted molar refractivity (Wildman–Crippen MR) is 96.6 cm³/mol. The molecule has 2 aliphatic rings. The van der Waals surface area contributed by atoms with Gasteiger partial charge in [-0.2, -0.15) is 0 Å². The molecule has 23 heavy (non-hydrogen) atoms. The van der Waals surface area contributed by atoms with Crippen LogP contribution in [0.3, 0.4) is 0 Å². The van der Waals surface area contributed by atoms with Crippen molar-refractivity contribution in [2.75, 3.05) is 10.7 Å². The van der Waals surface area contributed by atoms with E-state index >= 15 is 0 Å². The molecule has 1 aromatic carbocycles. The van der Waals surface area contributed by atoms with Gasteiger partial charge in [0.15, 0.2) is 5.11 Å². The van der Waals surface area contributed by atoms with Crippen LogP contribution in [0.25, 0.3) is 0 Å². The second-order valence-corrected chi connectivity index (χ2v) is 8.04. The minimum atomic E-state index is -0.513. The van der Waals surface area contributed by atoms with Gasteiger partial charge in [0.1, 0.15) is 17.2 Å². The molecular weight excluding hydrogens is 375 g/mol. The van der Waals surface area contributed by atoms with E-state index in [4.69, 9.17) is 23.8 Å². The average molecular weight is 385 g/mol. The molecule has 0 radical (unpaired) electrons. The van der Waals surface area contributed by atoms with Gasteiger partial charge in [0.2, 0.25) is 0 Å². The summed E-state index contributed by atoms with van der Waals surface area (Å²) in [6, 6.07) is 7.99. The van der Waals surface area contributed by atoms with Crippen LogP contribution in [0, 0.1) is 5.82 Å². The molecule has 0 unspecified atom stereocenters. The van der Waals surface area contributed by atoms with Gasteiger partial charge < -0.3 is 4.90 Å². The van der Waals surface area contributed by atoms with Gasteiger partial charge in [-0.05, 0) is 41.9 Å². The number of carbonyl (C=O) groups is 1. The van der Waals surface area contributed by atoms with Crippen molar-refractivity contribution in [1.29, 1.82) is 0 Å². The Kier molecular flexibility index (Phi) is 3.84. The number of fused-ring (bicyclic) bond motifs is 1. The van der Waals surface area contributed by atoms with Gasteiger partial charge in [-0.1, -0.05) is 17.7 Å². The highest BCUT2D eigenvalue weighted by atomic mass is 35.5. The Morgan fingerprint density at radius 1 is 1.35 bits per heavy atom. The molecule has 0 spiro atoms. The first-order chi connectivity index (χ1) is 11.1. The van der Waals surface area contributed by atoms with E-state index in [9.17, 15) is 9.18 Å². The fraction of sp³-hybridized carbons (Fsp3) is 0.200. The van der Waals surface area contributed by atoms with Gasteiger partial charge in [-0.3, -0.25) is 9.69 Å². The van der Waals surface area contributed by atoms with Gasteiger partial charge in [0.25, 0.3) is 5.91 Å². The van der Waals surface area contributed by atoms with Gasteiger partial charge in [0.05, 0.1) is 10.7 Å². The minimum absolute atomic E-state index is 0.0191. The summed E-state index contributed by atoms with van der Waals surface area (Å²) in [5.41, 5.74) is 0.510. The van der Waals surface area contributed by atoms with Crippen LogP contribution < -0.4 is 4.90 Å². The molecule has 4 rings (SSSR count). The molecule has 2 saturated heterocycles. The molecule has 118 valence electrons. The number of amides is 1. The molecule has 2 aromatic rings. The summed E-state index contributed by atoms with van der Waals surface area (Å²) in [6.07, 6.45) is 0. The minimum Gasteiger partial charge on any atom is -0.319 e. The lowest BCUT2D eigenvalue weighted by Gasteiger charge is -2.24. The van der Waals surface area contributed by atoms with Gasteiger partial charge >= 0.3 is 0 Å². The van der Waals surface area contributed by atoms with Crippen molar-refractivity contribution in [2.24, 2.45) is 0 Å². The van der Waals surface area contributed by atoms with Gasteiger partial charge in [-0.25, -0.2) is 4.39 Å². The summed E-state index contributed by atoms with van der Waals surface area (Å²) in [6.45, 7) is 0. The van der Waals surface area contributed by atoms with Crippen LogP contribution in [0.1, 0.15) is 10.3 Å². The second kappa shape index (κ2) is 5.73. The molecular formula is C15H10ClFN2OS3. The van der Waals surface area contributed by atoms with E-state index in [0.29, 0.717) is 16.6 Å². The lowest BCUT2D eigenvalue weighted by atomic mass is 10.2. The summed E-state index contributed by atoms with van der Waals surface area (Å²) in [4.78, 5) is 17.4. The summed E-state index contributed by atoms with van der Waals surface area (Å²) in [5.74, 6) is 0.0946. The highest BCUT2D eigenvalue weighted by Gasteiger charge is 2.51. The van der Waals surface area contributed by atoms with Crippen molar-refractivity contribution >= 4 is 63.6 Å². The van der Waals surface area contributed by atoms with Crippen molar-refractivity contribution in [3.63, 3.8) is 0 Å². The quantitative estimate of drug-likeness (QED) is 0.721. The standard InChI is InChI=1S/C15H10ClFN2OS3/c16-9-6-8(3-4-10(9)17)18-13(20)11-7-23-14(19(11)15(18)21)12-2-1-5-22-12/h1-6,11,14H,7H2/t11-,14+/m1/s1. The Hall–Kier alpha value is -1.15. The zero-order valence-corrected chi connectivity index (χ0v) is 14.8. The maximum absolute atomic E-state index is 13.4. The van der Waals surface area contributed by atoms with E-state index in [1.807, 2.05) is 16.3 Å². The van der Waals surface area contributed by atoms with Crippen LogP contribution >= 0.6 is 46.9 Å². The molecule has 8 heteroatoms. The molecule has 0 aliphatic carbocycles. The number of benzene rings is 1. The maximum Gasteiger partial charge on any atom is 0.257 e. The number of carbonyl (C=O) groups excluding carboxylic acids is 1. The predicted octanol–water partition coefficient (Wildman–Crippen LogP) is 4.29. The van der Waals surface area contributed by atoms with Crippen LogP contribution in [-0.2, 0) is 4.79 Å². The Labute approximate surface area is 151 Å². The fourth-order valence-corrected chi connectivity index (χ4v) is 5.86. The molecule has 1 aromatic heterocycles. The van der Waals surface area contributed by atoms with Crippen LogP contribution in [-0.4, -0.2) is 27.7 Å². The van der Waals surface area contributed by atoms with E-state index < -0.39 is 5.82 Å². The zero-order chi connectivity index (χ0) is 16.1. The molecule has 0 saturated carbocycles. The molecule has 2 aliphatic heterocycles. The maximum atomic E-state index is 13.4. The topological polar surface area (TPSA) is 23.6 Å². The van der Waals surface area contributed by atoms with Crippen LogP contribution in [0.15, 0.2) is 35.7 Å². The van der Waals surface area contributed by atoms with Crippen molar-refractivity contribution in [2.45, 2.75) is 11.4 Å². The number of thioether (sulfide) groups is 1. The first-order valence-electron chi connectivity index (χ1n) is 6.84. The van der Waals surface area contributed by atoms with E-state index in [2.05, 4.69) is 6.07 Å². The third kappa shape index (κ3) is 2.38. The van der Waals surface area contributed by atoms with Gasteiger partial charge in [0, 0.05) is 10.6 Å². The third-order valence-electron chi connectivity index (χ3n) is 3.87. The van der Waals surface area contributed by atoms with Crippen molar-refractivity contribution in [3.8, 4) is 0 Å². The van der Waals surface area contributed by atoms with Crippen LogP contribution in [0.4, 0.5) is 10.1 Å². The van der Waals surface area contributed by atoms with Crippen LogP contribution in [0.2, 0.25) is 5.02 Å². The Balaban J connectivity index is 1.71. The Morgan fingerprint density at radius 2 is 2.17 bits per heavy atom. The highest BCUT2D eigenvalue weighted by Crippen LogP contribution is 2.47. The molecule has 3 nitrogen and oxygen atoms in total. The summed E-state index contributed by atoms with van der Waals surface area (Å²) in [7, 11) is 0. The monoisotopic (exact) mass is 384 g/mol. The number of anilines is 1. The smallest absolute Gasteiger partial charge is 0.257 e.